The number of aliphatic imine (C=N–C) groups is 1. The number of thioether (sulfide) groups is 1. The van der Waals surface area contributed by atoms with Gasteiger partial charge in [0.15, 0.2) is 5.17 Å². The molecule has 8 heteroatoms. The number of thiophene rings is 1. The lowest BCUT2D eigenvalue weighted by Gasteiger charge is -2.30. The Labute approximate surface area is 177 Å². The van der Waals surface area contributed by atoms with Crippen molar-refractivity contribution in [2.24, 2.45) is 4.99 Å². The third-order valence-electron chi connectivity index (χ3n) is 4.81. The van der Waals surface area contributed by atoms with Gasteiger partial charge in [0, 0.05) is 17.3 Å². The molecule has 0 bridgehead atoms. The molecule has 0 radical (unpaired) electrons. The predicted molar refractivity (Wildman–Crippen MR) is 117 cm³/mol. The molecule has 2 atom stereocenters. The van der Waals surface area contributed by atoms with E-state index in [1.165, 1.54) is 11.3 Å². The fraction of sp³-hybridized carbons (Fsp3) is 0.350. The van der Waals surface area contributed by atoms with Gasteiger partial charge in [-0.1, -0.05) is 29.4 Å². The first-order chi connectivity index (χ1) is 13.5. The van der Waals surface area contributed by atoms with Gasteiger partial charge in [0.05, 0.1) is 16.6 Å². The first-order valence-corrected chi connectivity index (χ1v) is 11.4. The lowest BCUT2D eigenvalue weighted by Crippen LogP contribution is -2.49. The second kappa shape index (κ2) is 8.27. The van der Waals surface area contributed by atoms with Crippen LogP contribution in [0.2, 0.25) is 5.02 Å². The minimum absolute atomic E-state index is 0.0729. The second-order valence-electron chi connectivity index (χ2n) is 6.86. The molecule has 1 saturated heterocycles. The molecule has 28 heavy (non-hydrogen) atoms. The van der Waals surface area contributed by atoms with Crippen LogP contribution in [0, 0.1) is 0 Å². The molecule has 2 unspecified atom stereocenters. The molecule has 0 spiro atoms. The summed E-state index contributed by atoms with van der Waals surface area (Å²) in [4.78, 5) is 35.2. The summed E-state index contributed by atoms with van der Waals surface area (Å²) in [6, 6.07) is 10.5. The van der Waals surface area contributed by atoms with E-state index in [4.69, 9.17) is 11.6 Å². The standard InChI is InChI=1S/C20H20ClN3O2S2/c1-13-12-28-20(22-13)24(15-8-6-14(21)7-9-15)18(25)16-4-2-10-23(16)19(26)17-5-3-11-27-17/h3,5-9,11,13,16H,2,4,10,12H2,1H3. The third kappa shape index (κ3) is 3.83. The van der Waals surface area contributed by atoms with Crippen LogP contribution in [0.25, 0.3) is 0 Å². The minimum Gasteiger partial charge on any atom is -0.326 e. The Kier molecular flexibility index (Phi) is 5.75. The Bertz CT molecular complexity index is 899. The topological polar surface area (TPSA) is 53.0 Å². The van der Waals surface area contributed by atoms with Crippen molar-refractivity contribution in [2.45, 2.75) is 31.8 Å². The van der Waals surface area contributed by atoms with E-state index in [-0.39, 0.29) is 17.9 Å². The van der Waals surface area contributed by atoms with Gasteiger partial charge >= 0.3 is 0 Å². The zero-order chi connectivity index (χ0) is 19.7. The van der Waals surface area contributed by atoms with Crippen molar-refractivity contribution >= 4 is 57.4 Å². The molecule has 0 N–H and O–H groups in total. The van der Waals surface area contributed by atoms with Crippen LogP contribution in [0.5, 0.6) is 0 Å². The number of amides is 2. The fourth-order valence-electron chi connectivity index (χ4n) is 3.46. The van der Waals surface area contributed by atoms with Crippen molar-refractivity contribution in [3.8, 4) is 0 Å². The molecule has 2 aliphatic heterocycles. The Balaban J connectivity index is 1.65. The minimum atomic E-state index is -0.482. The van der Waals surface area contributed by atoms with Gasteiger partial charge < -0.3 is 4.90 Å². The molecular formula is C20H20ClN3O2S2. The summed E-state index contributed by atoms with van der Waals surface area (Å²) in [5.74, 6) is 0.663. The number of nitrogens with zero attached hydrogens (tertiary/aromatic N) is 3. The van der Waals surface area contributed by atoms with E-state index in [0.717, 1.165) is 17.9 Å². The van der Waals surface area contributed by atoms with Crippen LogP contribution in [0.1, 0.15) is 29.4 Å². The first-order valence-electron chi connectivity index (χ1n) is 9.19. The van der Waals surface area contributed by atoms with Crippen molar-refractivity contribution < 1.29 is 9.59 Å². The van der Waals surface area contributed by atoms with E-state index in [9.17, 15) is 9.59 Å². The van der Waals surface area contributed by atoms with Crippen molar-refractivity contribution in [3.63, 3.8) is 0 Å². The molecule has 0 aliphatic carbocycles. The molecule has 0 saturated carbocycles. The maximum atomic E-state index is 13.6. The summed E-state index contributed by atoms with van der Waals surface area (Å²) in [5.41, 5.74) is 0.727. The summed E-state index contributed by atoms with van der Waals surface area (Å²) in [7, 11) is 0. The zero-order valence-corrected chi connectivity index (χ0v) is 17.8. The second-order valence-corrected chi connectivity index (χ2v) is 9.23. The average molecular weight is 434 g/mol. The highest BCUT2D eigenvalue weighted by atomic mass is 35.5. The van der Waals surface area contributed by atoms with Gasteiger partial charge in [0.25, 0.3) is 11.8 Å². The normalized spacial score (nSPS) is 21.6. The molecule has 146 valence electrons. The van der Waals surface area contributed by atoms with Crippen LogP contribution >= 0.6 is 34.7 Å². The molecule has 2 aromatic rings. The molecule has 1 aromatic carbocycles. The maximum Gasteiger partial charge on any atom is 0.264 e. The lowest BCUT2D eigenvalue weighted by molar-refractivity contribution is -0.121. The van der Waals surface area contributed by atoms with Gasteiger partial charge in [-0.15, -0.1) is 11.3 Å². The summed E-state index contributed by atoms with van der Waals surface area (Å²) in [5, 5.41) is 3.18. The highest BCUT2D eigenvalue weighted by molar-refractivity contribution is 8.14. The van der Waals surface area contributed by atoms with Gasteiger partial charge in [0.1, 0.15) is 6.04 Å². The molecule has 2 amide bonds. The molecule has 1 fully saturated rings. The zero-order valence-electron chi connectivity index (χ0n) is 15.4. The Hall–Kier alpha value is -1.83. The predicted octanol–water partition coefficient (Wildman–Crippen LogP) is 4.53. The number of amidine groups is 1. The fourth-order valence-corrected chi connectivity index (χ4v) is 5.31. The first kappa shape index (κ1) is 19.5. The number of carbonyl (C=O) groups is 2. The van der Waals surface area contributed by atoms with Crippen molar-refractivity contribution in [3.05, 3.63) is 51.7 Å². The van der Waals surface area contributed by atoms with Gasteiger partial charge in [-0.05, 0) is 55.5 Å². The third-order valence-corrected chi connectivity index (χ3v) is 7.12. The van der Waals surface area contributed by atoms with E-state index in [1.54, 1.807) is 33.7 Å². The Morgan fingerprint density at radius 3 is 2.68 bits per heavy atom. The van der Waals surface area contributed by atoms with Crippen molar-refractivity contribution in [1.82, 2.24) is 4.90 Å². The van der Waals surface area contributed by atoms with Gasteiger partial charge in [0.2, 0.25) is 0 Å². The smallest absolute Gasteiger partial charge is 0.264 e. The number of benzene rings is 1. The van der Waals surface area contributed by atoms with Crippen LogP contribution in [0.15, 0.2) is 46.8 Å². The molecule has 3 heterocycles. The van der Waals surface area contributed by atoms with Crippen LogP contribution in [-0.4, -0.2) is 46.3 Å². The SMILES string of the molecule is CC1CSC(N(C(=O)C2CCCN2C(=O)c2cccs2)c2ccc(Cl)cc2)=N1. The Morgan fingerprint density at radius 2 is 2.04 bits per heavy atom. The summed E-state index contributed by atoms with van der Waals surface area (Å²) < 4.78 is 0. The van der Waals surface area contributed by atoms with Crippen molar-refractivity contribution in [1.29, 1.82) is 0 Å². The van der Waals surface area contributed by atoms with E-state index in [1.807, 2.05) is 36.6 Å². The monoisotopic (exact) mass is 433 g/mol. The number of carbonyl (C=O) groups excluding carboxylic acids is 2. The largest absolute Gasteiger partial charge is 0.326 e. The number of hydrogen-bond acceptors (Lipinski definition) is 5. The summed E-state index contributed by atoms with van der Waals surface area (Å²) in [6.45, 7) is 2.63. The van der Waals surface area contributed by atoms with Gasteiger partial charge in [-0.3, -0.25) is 19.5 Å². The molecule has 4 rings (SSSR count). The summed E-state index contributed by atoms with van der Waals surface area (Å²) in [6.07, 6.45) is 1.48. The number of rotatable bonds is 3. The number of likely N-dealkylation sites (tertiary alicyclic amines) is 1. The molecular weight excluding hydrogens is 414 g/mol. The van der Waals surface area contributed by atoms with Crippen molar-refractivity contribution in [2.75, 3.05) is 17.2 Å². The molecule has 5 nitrogen and oxygen atoms in total. The maximum absolute atomic E-state index is 13.6. The molecule has 1 aromatic heterocycles. The Morgan fingerprint density at radius 1 is 1.25 bits per heavy atom. The highest BCUT2D eigenvalue weighted by Gasteiger charge is 2.40. The van der Waals surface area contributed by atoms with E-state index >= 15 is 0 Å². The summed E-state index contributed by atoms with van der Waals surface area (Å²) >= 11 is 9.01. The van der Waals surface area contributed by atoms with Crippen LogP contribution < -0.4 is 4.90 Å². The van der Waals surface area contributed by atoms with Crippen LogP contribution in [0.4, 0.5) is 5.69 Å². The average Bonchev–Trinajstić information content (AvgIpc) is 3.44. The quantitative estimate of drug-likeness (QED) is 0.714. The van der Waals surface area contributed by atoms with E-state index in [0.29, 0.717) is 28.0 Å². The van der Waals surface area contributed by atoms with Gasteiger partial charge in [-0.2, -0.15) is 0 Å². The molecule has 2 aliphatic rings. The van der Waals surface area contributed by atoms with Crippen LogP contribution in [0.3, 0.4) is 0 Å². The van der Waals surface area contributed by atoms with Crippen LogP contribution in [-0.2, 0) is 4.79 Å². The lowest BCUT2D eigenvalue weighted by atomic mass is 10.1. The van der Waals surface area contributed by atoms with Gasteiger partial charge in [-0.25, -0.2) is 0 Å². The number of halogens is 1. The van der Waals surface area contributed by atoms with E-state index in [2.05, 4.69) is 4.99 Å². The number of hydrogen-bond donors (Lipinski definition) is 0. The number of anilines is 1. The highest BCUT2D eigenvalue weighted by Crippen LogP contribution is 2.31. The van der Waals surface area contributed by atoms with E-state index < -0.39 is 6.04 Å².